The molecule has 0 unspecified atom stereocenters. The minimum absolute atomic E-state index is 0.179. The number of carbonyl (C=O) groups is 1. The van der Waals surface area contributed by atoms with Crippen molar-refractivity contribution >= 4 is 22.9 Å². The van der Waals surface area contributed by atoms with Gasteiger partial charge in [0.1, 0.15) is 0 Å². The van der Waals surface area contributed by atoms with Gasteiger partial charge in [-0.25, -0.2) is 0 Å². The fourth-order valence-corrected chi connectivity index (χ4v) is 2.77. The van der Waals surface area contributed by atoms with E-state index in [1.54, 1.807) is 29.8 Å². The number of anilines is 1. The third kappa shape index (κ3) is 3.83. The summed E-state index contributed by atoms with van der Waals surface area (Å²) in [6.45, 7) is 0.179. The first-order chi connectivity index (χ1) is 11.4. The molecule has 0 aliphatic carbocycles. The summed E-state index contributed by atoms with van der Waals surface area (Å²) in [6, 6.07) is 8.55. The largest absolute Gasteiger partial charge is 0.416 e. The highest BCUT2D eigenvalue weighted by Crippen LogP contribution is 2.29. The number of hydrogen-bond donors (Lipinski definition) is 1. The maximum atomic E-state index is 12.7. The predicted octanol–water partition coefficient (Wildman–Crippen LogP) is 4.26. The highest BCUT2D eigenvalue weighted by Gasteiger charge is 2.30. The van der Waals surface area contributed by atoms with Crippen LogP contribution in [-0.4, -0.2) is 15.7 Å². The van der Waals surface area contributed by atoms with Crippen molar-refractivity contribution in [3.05, 3.63) is 70.2 Å². The summed E-state index contributed by atoms with van der Waals surface area (Å²) >= 11 is 1.32. The molecular formula is C16H12F3N3OS. The lowest BCUT2D eigenvalue weighted by atomic mass is 10.1. The minimum Gasteiger partial charge on any atom is -0.319 e. The van der Waals surface area contributed by atoms with Gasteiger partial charge in [-0.15, -0.1) is 11.3 Å². The second-order valence-corrected chi connectivity index (χ2v) is 6.00. The normalized spacial score (nSPS) is 11.5. The summed E-state index contributed by atoms with van der Waals surface area (Å²) in [5.41, 5.74) is 0.266. The fourth-order valence-electron chi connectivity index (χ4n) is 2.15. The third-order valence-corrected chi connectivity index (χ3v) is 4.10. The van der Waals surface area contributed by atoms with Crippen LogP contribution in [0, 0.1) is 0 Å². The molecule has 4 nitrogen and oxygen atoms in total. The molecule has 8 heteroatoms. The number of carbonyl (C=O) groups excluding carboxylic acids is 1. The van der Waals surface area contributed by atoms with Gasteiger partial charge in [0, 0.05) is 6.20 Å². The molecular weight excluding hydrogens is 339 g/mol. The van der Waals surface area contributed by atoms with E-state index in [1.165, 1.54) is 28.3 Å². The third-order valence-electron chi connectivity index (χ3n) is 3.23. The number of amides is 1. The molecule has 1 amide bonds. The van der Waals surface area contributed by atoms with Crippen LogP contribution < -0.4 is 5.32 Å². The smallest absolute Gasteiger partial charge is 0.319 e. The number of nitrogens with zero attached hydrogens (tertiary/aromatic N) is 2. The molecule has 3 rings (SSSR count). The first-order valence-corrected chi connectivity index (χ1v) is 7.83. The summed E-state index contributed by atoms with van der Waals surface area (Å²) in [7, 11) is 0. The average Bonchev–Trinajstić information content (AvgIpc) is 3.18. The lowest BCUT2D eigenvalue weighted by Crippen LogP contribution is -2.09. The van der Waals surface area contributed by atoms with Gasteiger partial charge in [0.05, 0.1) is 28.9 Å². The molecule has 3 aromatic rings. The molecule has 1 aromatic carbocycles. The average molecular weight is 351 g/mol. The zero-order valence-corrected chi connectivity index (χ0v) is 13.1. The molecule has 24 heavy (non-hydrogen) atoms. The summed E-state index contributed by atoms with van der Waals surface area (Å²) in [5, 5.41) is 8.55. The molecule has 0 spiro atoms. The number of aromatic nitrogens is 2. The van der Waals surface area contributed by atoms with E-state index in [0.717, 1.165) is 12.1 Å². The van der Waals surface area contributed by atoms with E-state index in [0.29, 0.717) is 16.1 Å². The van der Waals surface area contributed by atoms with Crippen molar-refractivity contribution < 1.29 is 18.0 Å². The Morgan fingerprint density at radius 2 is 2.08 bits per heavy atom. The molecule has 2 heterocycles. The van der Waals surface area contributed by atoms with Crippen molar-refractivity contribution in [2.45, 2.75) is 12.7 Å². The van der Waals surface area contributed by atoms with Crippen LogP contribution in [0.1, 0.15) is 20.8 Å². The van der Waals surface area contributed by atoms with Crippen LogP contribution in [0.25, 0.3) is 0 Å². The molecule has 0 saturated carbocycles. The second-order valence-electron chi connectivity index (χ2n) is 5.06. The second kappa shape index (κ2) is 6.48. The van der Waals surface area contributed by atoms with Crippen LogP contribution in [-0.2, 0) is 12.7 Å². The Kier molecular flexibility index (Phi) is 4.39. The van der Waals surface area contributed by atoms with E-state index < -0.39 is 11.7 Å². The topological polar surface area (TPSA) is 46.9 Å². The van der Waals surface area contributed by atoms with Gasteiger partial charge in [-0.1, -0.05) is 18.2 Å². The van der Waals surface area contributed by atoms with Crippen LogP contribution >= 0.6 is 11.3 Å². The highest BCUT2D eigenvalue weighted by molar-refractivity contribution is 7.12. The van der Waals surface area contributed by atoms with Crippen molar-refractivity contribution in [3.63, 3.8) is 0 Å². The number of thiophene rings is 1. The molecule has 0 saturated heterocycles. The van der Waals surface area contributed by atoms with Crippen molar-refractivity contribution in [3.8, 4) is 0 Å². The van der Waals surface area contributed by atoms with Crippen molar-refractivity contribution in [1.29, 1.82) is 0 Å². The molecule has 0 atom stereocenters. The lowest BCUT2D eigenvalue weighted by Gasteiger charge is -2.08. The Bertz CT molecular complexity index is 840. The number of benzene rings is 1. The monoisotopic (exact) mass is 351 g/mol. The van der Waals surface area contributed by atoms with Gasteiger partial charge in [0.15, 0.2) is 0 Å². The van der Waals surface area contributed by atoms with Crippen LogP contribution in [0.5, 0.6) is 0 Å². The number of nitrogens with one attached hydrogen (secondary N) is 1. The Morgan fingerprint density at radius 3 is 2.79 bits per heavy atom. The predicted molar refractivity (Wildman–Crippen MR) is 85.0 cm³/mol. The van der Waals surface area contributed by atoms with Crippen LogP contribution in [0.3, 0.4) is 0 Å². The van der Waals surface area contributed by atoms with Crippen LogP contribution in [0.15, 0.2) is 54.2 Å². The highest BCUT2D eigenvalue weighted by atomic mass is 32.1. The molecule has 0 aliphatic heterocycles. The maximum Gasteiger partial charge on any atom is 0.416 e. The fraction of sp³-hybridized carbons (Fsp3) is 0.125. The minimum atomic E-state index is -4.38. The molecule has 1 N–H and O–H groups in total. The molecule has 124 valence electrons. The van der Waals surface area contributed by atoms with Gasteiger partial charge in [-0.2, -0.15) is 18.3 Å². The molecule has 0 fully saturated rings. The zero-order chi connectivity index (χ0) is 17.2. The quantitative estimate of drug-likeness (QED) is 0.763. The van der Waals surface area contributed by atoms with E-state index in [-0.39, 0.29) is 12.5 Å². The standard InChI is InChI=1S/C16H12F3N3OS/c17-16(18,19)12-4-1-3-11(7-12)9-22-10-13(8-20-22)21-15(23)14-5-2-6-24-14/h1-8,10H,9H2,(H,21,23). The van der Waals surface area contributed by atoms with E-state index in [1.807, 2.05) is 0 Å². The van der Waals surface area contributed by atoms with E-state index in [9.17, 15) is 18.0 Å². The molecule has 2 aromatic heterocycles. The zero-order valence-electron chi connectivity index (χ0n) is 12.2. The van der Waals surface area contributed by atoms with Gasteiger partial charge in [-0.05, 0) is 29.1 Å². The Labute approximate surface area is 139 Å². The maximum absolute atomic E-state index is 12.7. The number of alkyl halides is 3. The molecule has 0 aliphatic rings. The van der Waals surface area contributed by atoms with E-state index in [4.69, 9.17) is 0 Å². The Balaban J connectivity index is 1.69. The van der Waals surface area contributed by atoms with Gasteiger partial charge < -0.3 is 5.32 Å². The van der Waals surface area contributed by atoms with Gasteiger partial charge >= 0.3 is 6.18 Å². The van der Waals surface area contributed by atoms with Gasteiger partial charge in [0.2, 0.25) is 0 Å². The van der Waals surface area contributed by atoms with Crippen molar-refractivity contribution in [2.24, 2.45) is 0 Å². The summed E-state index contributed by atoms with van der Waals surface area (Å²) in [5.74, 6) is -0.247. The summed E-state index contributed by atoms with van der Waals surface area (Å²) < 4.78 is 39.6. The first kappa shape index (κ1) is 16.3. The van der Waals surface area contributed by atoms with Gasteiger partial charge in [-0.3, -0.25) is 9.48 Å². The van der Waals surface area contributed by atoms with Gasteiger partial charge in [0.25, 0.3) is 5.91 Å². The number of hydrogen-bond acceptors (Lipinski definition) is 3. The summed E-state index contributed by atoms with van der Waals surface area (Å²) in [4.78, 5) is 12.5. The Hall–Kier alpha value is -2.61. The summed E-state index contributed by atoms with van der Waals surface area (Å²) in [6.07, 6.45) is -1.34. The first-order valence-electron chi connectivity index (χ1n) is 6.95. The number of halogens is 3. The molecule has 0 bridgehead atoms. The van der Waals surface area contributed by atoms with Crippen LogP contribution in [0.4, 0.5) is 18.9 Å². The SMILES string of the molecule is O=C(Nc1cnn(Cc2cccc(C(F)(F)F)c2)c1)c1cccs1. The van der Waals surface area contributed by atoms with Crippen molar-refractivity contribution in [1.82, 2.24) is 9.78 Å². The Morgan fingerprint density at radius 1 is 1.25 bits per heavy atom. The lowest BCUT2D eigenvalue weighted by molar-refractivity contribution is -0.137. The van der Waals surface area contributed by atoms with E-state index >= 15 is 0 Å². The van der Waals surface area contributed by atoms with Crippen LogP contribution in [0.2, 0.25) is 0 Å². The van der Waals surface area contributed by atoms with Crippen molar-refractivity contribution in [2.75, 3.05) is 5.32 Å². The number of rotatable bonds is 4. The van der Waals surface area contributed by atoms with E-state index in [2.05, 4.69) is 10.4 Å². The molecule has 0 radical (unpaired) electrons.